The van der Waals surface area contributed by atoms with Gasteiger partial charge < -0.3 is 19.5 Å². The zero-order valence-corrected chi connectivity index (χ0v) is 18.2. The molecule has 1 aliphatic rings. The number of nitrogens with zero attached hydrogens (tertiary/aromatic N) is 2. The SMILES string of the molecule is CCN1CCN(CCCNC(=O)c2ccc(C[S@](=O)c3cccc(C)c3)o2)CC1. The van der Waals surface area contributed by atoms with Crippen molar-refractivity contribution in [1.82, 2.24) is 15.1 Å². The van der Waals surface area contributed by atoms with Gasteiger partial charge in [0.1, 0.15) is 5.76 Å². The molecule has 29 heavy (non-hydrogen) atoms. The summed E-state index contributed by atoms with van der Waals surface area (Å²) < 4.78 is 18.1. The highest BCUT2D eigenvalue weighted by Gasteiger charge is 2.16. The highest BCUT2D eigenvalue weighted by molar-refractivity contribution is 7.84. The van der Waals surface area contributed by atoms with E-state index in [1.54, 1.807) is 12.1 Å². The molecular weight excluding hydrogens is 386 g/mol. The minimum atomic E-state index is -1.19. The van der Waals surface area contributed by atoms with Crippen LogP contribution in [0.2, 0.25) is 0 Å². The second kappa shape index (κ2) is 10.7. The highest BCUT2D eigenvalue weighted by Crippen LogP contribution is 2.16. The first-order valence-corrected chi connectivity index (χ1v) is 11.6. The summed E-state index contributed by atoms with van der Waals surface area (Å²) in [4.78, 5) is 18.0. The number of aryl methyl sites for hydroxylation is 1. The van der Waals surface area contributed by atoms with Gasteiger partial charge in [-0.15, -0.1) is 0 Å². The zero-order valence-electron chi connectivity index (χ0n) is 17.4. The monoisotopic (exact) mass is 417 g/mol. The van der Waals surface area contributed by atoms with Crippen molar-refractivity contribution in [3.05, 3.63) is 53.5 Å². The van der Waals surface area contributed by atoms with Crippen molar-refractivity contribution < 1.29 is 13.4 Å². The molecule has 0 aliphatic carbocycles. The molecule has 2 aromatic rings. The molecule has 0 unspecified atom stereocenters. The van der Waals surface area contributed by atoms with E-state index in [9.17, 15) is 9.00 Å². The summed E-state index contributed by atoms with van der Waals surface area (Å²) in [6.45, 7) is 11.4. The van der Waals surface area contributed by atoms with Gasteiger partial charge in [-0.25, -0.2) is 0 Å². The van der Waals surface area contributed by atoms with Crippen LogP contribution in [0.15, 0.2) is 45.7 Å². The number of benzene rings is 1. The van der Waals surface area contributed by atoms with Crippen molar-refractivity contribution in [3.63, 3.8) is 0 Å². The predicted molar refractivity (Wildman–Crippen MR) is 116 cm³/mol. The zero-order chi connectivity index (χ0) is 20.6. The van der Waals surface area contributed by atoms with Crippen molar-refractivity contribution >= 4 is 16.7 Å². The molecular formula is C22H31N3O3S. The normalized spacial score (nSPS) is 16.6. The van der Waals surface area contributed by atoms with E-state index in [0.717, 1.165) is 56.1 Å². The Balaban J connectivity index is 1.39. The molecule has 1 saturated heterocycles. The largest absolute Gasteiger partial charge is 0.455 e. The number of amides is 1. The molecule has 1 aliphatic heterocycles. The van der Waals surface area contributed by atoms with Gasteiger partial charge in [-0.2, -0.15) is 0 Å². The maximum atomic E-state index is 12.5. The molecule has 7 heteroatoms. The van der Waals surface area contributed by atoms with E-state index in [4.69, 9.17) is 4.42 Å². The van der Waals surface area contributed by atoms with Gasteiger partial charge in [0.15, 0.2) is 5.76 Å². The quantitative estimate of drug-likeness (QED) is 0.636. The van der Waals surface area contributed by atoms with Crippen LogP contribution in [0.1, 0.15) is 35.2 Å². The fourth-order valence-corrected chi connectivity index (χ4v) is 4.60. The van der Waals surface area contributed by atoms with Crippen LogP contribution in [0, 0.1) is 6.92 Å². The Bertz CT molecular complexity index is 828. The Morgan fingerprint density at radius 1 is 1.14 bits per heavy atom. The number of hydrogen-bond donors (Lipinski definition) is 1. The summed E-state index contributed by atoms with van der Waals surface area (Å²) in [7, 11) is -1.19. The Labute approximate surface area is 175 Å². The summed E-state index contributed by atoms with van der Waals surface area (Å²) in [5, 5.41) is 2.92. The number of carbonyl (C=O) groups is 1. The highest BCUT2D eigenvalue weighted by atomic mass is 32.2. The summed E-state index contributed by atoms with van der Waals surface area (Å²) in [6, 6.07) is 11.0. The van der Waals surface area contributed by atoms with Gasteiger partial charge in [0.25, 0.3) is 5.91 Å². The van der Waals surface area contributed by atoms with Crippen molar-refractivity contribution in [2.75, 3.05) is 45.8 Å². The molecule has 0 bridgehead atoms. The summed E-state index contributed by atoms with van der Waals surface area (Å²) in [5.74, 6) is 0.885. The van der Waals surface area contributed by atoms with Crippen LogP contribution in [0.4, 0.5) is 0 Å². The van der Waals surface area contributed by atoms with Gasteiger partial charge in [-0.3, -0.25) is 9.00 Å². The lowest BCUT2D eigenvalue weighted by molar-refractivity contribution is 0.0919. The molecule has 1 aromatic heterocycles. The smallest absolute Gasteiger partial charge is 0.286 e. The van der Waals surface area contributed by atoms with E-state index in [0.29, 0.717) is 12.3 Å². The number of furan rings is 1. The van der Waals surface area contributed by atoms with Crippen LogP contribution in [0.5, 0.6) is 0 Å². The minimum absolute atomic E-state index is 0.214. The maximum absolute atomic E-state index is 12.5. The third kappa shape index (κ3) is 6.52. The molecule has 3 rings (SSSR count). The third-order valence-corrected chi connectivity index (χ3v) is 6.59. The molecule has 2 heterocycles. The summed E-state index contributed by atoms with van der Waals surface area (Å²) in [5.41, 5.74) is 1.07. The second-order valence-electron chi connectivity index (χ2n) is 7.46. The maximum Gasteiger partial charge on any atom is 0.286 e. The summed E-state index contributed by atoms with van der Waals surface area (Å²) in [6.07, 6.45) is 0.919. The van der Waals surface area contributed by atoms with Crippen LogP contribution >= 0.6 is 0 Å². The lowest BCUT2D eigenvalue weighted by Crippen LogP contribution is -2.46. The minimum Gasteiger partial charge on any atom is -0.455 e. The van der Waals surface area contributed by atoms with E-state index in [2.05, 4.69) is 22.0 Å². The van der Waals surface area contributed by atoms with Gasteiger partial charge >= 0.3 is 0 Å². The average Bonchev–Trinajstić information content (AvgIpc) is 3.20. The van der Waals surface area contributed by atoms with Crippen LogP contribution in [-0.2, 0) is 16.6 Å². The van der Waals surface area contributed by atoms with E-state index < -0.39 is 10.8 Å². The fraction of sp³-hybridized carbons (Fsp3) is 0.500. The van der Waals surface area contributed by atoms with E-state index in [1.807, 2.05) is 31.2 Å². The number of nitrogens with one attached hydrogen (secondary N) is 1. The predicted octanol–water partition coefficient (Wildman–Crippen LogP) is 2.65. The molecule has 1 amide bonds. The van der Waals surface area contributed by atoms with Gasteiger partial charge in [0.05, 0.1) is 16.6 Å². The number of piperazine rings is 1. The molecule has 0 radical (unpaired) electrons. The lowest BCUT2D eigenvalue weighted by Gasteiger charge is -2.33. The fourth-order valence-electron chi connectivity index (χ4n) is 3.47. The van der Waals surface area contributed by atoms with Crippen LogP contribution in [-0.4, -0.2) is 65.7 Å². The van der Waals surface area contributed by atoms with E-state index in [-0.39, 0.29) is 17.4 Å². The Morgan fingerprint density at radius 3 is 2.62 bits per heavy atom. The first-order valence-electron chi connectivity index (χ1n) is 10.3. The topological polar surface area (TPSA) is 65.8 Å². The number of rotatable bonds is 9. The first-order chi connectivity index (χ1) is 14.0. The Morgan fingerprint density at radius 2 is 1.90 bits per heavy atom. The molecule has 1 N–H and O–H groups in total. The Kier molecular flexibility index (Phi) is 8.03. The van der Waals surface area contributed by atoms with Gasteiger partial charge in [-0.1, -0.05) is 19.1 Å². The molecule has 158 valence electrons. The second-order valence-corrected chi connectivity index (χ2v) is 8.91. The van der Waals surface area contributed by atoms with Crippen LogP contribution < -0.4 is 5.32 Å². The lowest BCUT2D eigenvalue weighted by atomic mass is 10.2. The Hall–Kier alpha value is -1.96. The van der Waals surface area contributed by atoms with Crippen molar-refractivity contribution in [2.24, 2.45) is 0 Å². The standard InChI is InChI=1S/C22H31N3O3S/c1-3-24-12-14-25(15-13-24)11-5-10-23-22(26)21-9-8-19(28-21)17-29(27)20-7-4-6-18(2)16-20/h4,6-9,16H,3,5,10-15,17H2,1-2H3,(H,23,26)/t29-/m0/s1. The van der Waals surface area contributed by atoms with E-state index in [1.165, 1.54) is 0 Å². The first kappa shape index (κ1) is 21.7. The molecule has 0 saturated carbocycles. The average molecular weight is 418 g/mol. The van der Waals surface area contributed by atoms with E-state index >= 15 is 0 Å². The van der Waals surface area contributed by atoms with Crippen LogP contribution in [0.3, 0.4) is 0 Å². The number of carbonyl (C=O) groups excluding carboxylic acids is 1. The molecule has 1 aromatic carbocycles. The molecule has 1 fully saturated rings. The van der Waals surface area contributed by atoms with Gasteiger partial charge in [-0.05, 0) is 56.3 Å². The number of hydrogen-bond acceptors (Lipinski definition) is 5. The molecule has 0 spiro atoms. The van der Waals surface area contributed by atoms with Gasteiger partial charge in [0, 0.05) is 37.6 Å². The number of likely N-dealkylation sites (N-methyl/N-ethyl adjacent to an activating group) is 1. The summed E-state index contributed by atoms with van der Waals surface area (Å²) >= 11 is 0. The van der Waals surface area contributed by atoms with Crippen molar-refractivity contribution in [1.29, 1.82) is 0 Å². The molecule has 6 nitrogen and oxygen atoms in total. The van der Waals surface area contributed by atoms with Crippen molar-refractivity contribution in [2.45, 2.75) is 30.9 Å². The third-order valence-electron chi connectivity index (χ3n) is 5.26. The van der Waals surface area contributed by atoms with Crippen molar-refractivity contribution in [3.8, 4) is 0 Å². The van der Waals surface area contributed by atoms with Gasteiger partial charge in [0.2, 0.25) is 0 Å². The van der Waals surface area contributed by atoms with Crippen LogP contribution in [0.25, 0.3) is 0 Å². The molecule has 1 atom stereocenters.